The fraction of sp³-hybridized carbons (Fsp3) is 1.00. The van der Waals surface area contributed by atoms with Gasteiger partial charge in [-0.25, -0.2) is 5.01 Å². The van der Waals surface area contributed by atoms with Gasteiger partial charge in [-0.15, -0.1) is 24.8 Å². The van der Waals surface area contributed by atoms with Crippen LogP contribution in [0.5, 0.6) is 0 Å². The molecule has 1 heterocycles. The highest BCUT2D eigenvalue weighted by molar-refractivity contribution is 5.85. The van der Waals surface area contributed by atoms with E-state index >= 15 is 0 Å². The second-order valence-corrected chi connectivity index (χ2v) is 2.29. The Morgan fingerprint density at radius 2 is 2.10 bits per heavy atom. The number of piperazine rings is 1. The minimum atomic E-state index is 0. The van der Waals surface area contributed by atoms with Crippen LogP contribution in [0.4, 0.5) is 0 Å². The largest absolute Gasteiger partial charge is 0.314 e. The average molecular weight is 188 g/mol. The monoisotopic (exact) mass is 187 g/mol. The van der Waals surface area contributed by atoms with Crippen molar-refractivity contribution in [3.63, 3.8) is 0 Å². The molecule has 10 heavy (non-hydrogen) atoms. The van der Waals surface area contributed by atoms with E-state index in [1.165, 1.54) is 0 Å². The van der Waals surface area contributed by atoms with Gasteiger partial charge in [0.25, 0.3) is 0 Å². The fourth-order valence-corrected chi connectivity index (χ4v) is 0.857. The first-order valence-corrected chi connectivity index (χ1v) is 3.03. The molecule has 0 aliphatic carbocycles. The lowest BCUT2D eigenvalue weighted by molar-refractivity contribution is 0.177. The molecule has 1 fully saturated rings. The Morgan fingerprint density at radius 1 is 1.50 bits per heavy atom. The molecule has 1 unspecified atom stereocenters. The number of hydrogen-bond donors (Lipinski definition) is 2. The zero-order valence-electron chi connectivity index (χ0n) is 6.04. The van der Waals surface area contributed by atoms with E-state index in [-0.39, 0.29) is 24.8 Å². The van der Waals surface area contributed by atoms with Crippen molar-refractivity contribution in [2.75, 3.05) is 19.6 Å². The van der Waals surface area contributed by atoms with E-state index in [0.29, 0.717) is 6.04 Å². The smallest absolute Gasteiger partial charge is 0.0338 e. The number of nitrogens with zero attached hydrogens (tertiary/aromatic N) is 1. The van der Waals surface area contributed by atoms with Crippen molar-refractivity contribution in [3.8, 4) is 0 Å². The lowest BCUT2D eigenvalue weighted by Crippen LogP contribution is -2.52. The predicted molar refractivity (Wildman–Crippen MR) is 47.7 cm³/mol. The van der Waals surface area contributed by atoms with E-state index in [1.54, 1.807) is 0 Å². The van der Waals surface area contributed by atoms with Gasteiger partial charge >= 0.3 is 0 Å². The van der Waals surface area contributed by atoms with E-state index in [9.17, 15) is 0 Å². The zero-order chi connectivity index (χ0) is 5.98. The van der Waals surface area contributed by atoms with Crippen LogP contribution >= 0.6 is 24.8 Å². The number of nitrogens with two attached hydrogens (primary N) is 1. The summed E-state index contributed by atoms with van der Waals surface area (Å²) in [6.45, 7) is 5.14. The normalized spacial score (nSPS) is 26.4. The number of halogens is 2. The van der Waals surface area contributed by atoms with Gasteiger partial charge in [0.15, 0.2) is 0 Å². The summed E-state index contributed by atoms with van der Waals surface area (Å²) in [5, 5.41) is 5.11. The van der Waals surface area contributed by atoms with Crippen LogP contribution in [0.2, 0.25) is 0 Å². The molecule has 3 N–H and O–H groups in total. The van der Waals surface area contributed by atoms with Gasteiger partial charge in [0.05, 0.1) is 0 Å². The highest BCUT2D eigenvalue weighted by Crippen LogP contribution is 1.92. The zero-order valence-corrected chi connectivity index (χ0v) is 7.67. The molecule has 0 aromatic heterocycles. The summed E-state index contributed by atoms with van der Waals surface area (Å²) in [6, 6.07) is 0.503. The van der Waals surface area contributed by atoms with Crippen molar-refractivity contribution in [1.82, 2.24) is 10.3 Å². The Kier molecular flexibility index (Phi) is 8.09. The molecule has 1 saturated heterocycles. The van der Waals surface area contributed by atoms with E-state index < -0.39 is 0 Å². The first kappa shape index (κ1) is 13.1. The van der Waals surface area contributed by atoms with Crippen LogP contribution < -0.4 is 11.2 Å². The van der Waals surface area contributed by atoms with Crippen molar-refractivity contribution in [2.45, 2.75) is 13.0 Å². The molecule has 1 aliphatic heterocycles. The van der Waals surface area contributed by atoms with Gasteiger partial charge in [-0.05, 0) is 6.92 Å². The topological polar surface area (TPSA) is 41.3 Å². The molecule has 1 atom stereocenters. The second kappa shape index (κ2) is 6.19. The number of rotatable bonds is 0. The molecule has 0 radical (unpaired) electrons. The van der Waals surface area contributed by atoms with Crippen LogP contribution in [0.1, 0.15) is 6.92 Å². The first-order valence-electron chi connectivity index (χ1n) is 3.03. The second-order valence-electron chi connectivity index (χ2n) is 2.29. The Hall–Kier alpha value is 0.460. The molecular weight excluding hydrogens is 173 g/mol. The van der Waals surface area contributed by atoms with Gasteiger partial charge in [-0.1, -0.05) is 0 Å². The van der Waals surface area contributed by atoms with Crippen LogP contribution in [-0.2, 0) is 0 Å². The van der Waals surface area contributed by atoms with Crippen LogP contribution in [0.3, 0.4) is 0 Å². The third-order valence-electron chi connectivity index (χ3n) is 1.55. The standard InChI is InChI=1S/C5H13N3.2ClH/c1-5-4-7-2-3-8(5)6;;/h5,7H,2-4,6H2,1H3;2*1H. The van der Waals surface area contributed by atoms with Crippen molar-refractivity contribution in [2.24, 2.45) is 5.84 Å². The minimum Gasteiger partial charge on any atom is -0.314 e. The van der Waals surface area contributed by atoms with E-state index in [1.807, 2.05) is 5.01 Å². The molecule has 64 valence electrons. The summed E-state index contributed by atoms with van der Waals surface area (Å²) in [4.78, 5) is 0. The molecule has 0 aromatic carbocycles. The molecule has 0 saturated carbocycles. The lowest BCUT2D eigenvalue weighted by Gasteiger charge is -2.29. The summed E-state index contributed by atoms with van der Waals surface area (Å²) < 4.78 is 0. The molecule has 0 spiro atoms. The average Bonchev–Trinajstić information content (AvgIpc) is 1.77. The third-order valence-corrected chi connectivity index (χ3v) is 1.55. The van der Waals surface area contributed by atoms with Gasteiger partial charge in [-0.2, -0.15) is 0 Å². The molecule has 1 rings (SSSR count). The summed E-state index contributed by atoms with van der Waals surface area (Å²) in [6.07, 6.45) is 0. The van der Waals surface area contributed by atoms with Crippen molar-refractivity contribution >= 4 is 24.8 Å². The first-order chi connectivity index (χ1) is 3.80. The molecule has 0 amide bonds. The summed E-state index contributed by atoms with van der Waals surface area (Å²) in [5.41, 5.74) is 0. The van der Waals surface area contributed by atoms with E-state index in [0.717, 1.165) is 19.6 Å². The third kappa shape index (κ3) is 3.58. The Morgan fingerprint density at radius 3 is 2.40 bits per heavy atom. The lowest BCUT2D eigenvalue weighted by atomic mass is 10.3. The Balaban J connectivity index is 0. The maximum absolute atomic E-state index is 5.57. The minimum absolute atomic E-state index is 0. The highest BCUT2D eigenvalue weighted by atomic mass is 35.5. The molecule has 3 nitrogen and oxygen atoms in total. The quantitative estimate of drug-likeness (QED) is 0.525. The molecular formula is C5H15Cl2N3. The Bertz CT molecular complexity index is 71.3. The maximum Gasteiger partial charge on any atom is 0.0338 e. The van der Waals surface area contributed by atoms with Crippen molar-refractivity contribution < 1.29 is 0 Å². The number of nitrogens with one attached hydrogen (secondary N) is 1. The van der Waals surface area contributed by atoms with Gasteiger partial charge in [0.2, 0.25) is 0 Å². The summed E-state index contributed by atoms with van der Waals surface area (Å²) >= 11 is 0. The van der Waals surface area contributed by atoms with Gasteiger partial charge in [0.1, 0.15) is 0 Å². The van der Waals surface area contributed by atoms with Crippen LogP contribution in [0, 0.1) is 0 Å². The predicted octanol–water partition coefficient (Wildman–Crippen LogP) is -0.00260. The van der Waals surface area contributed by atoms with Crippen molar-refractivity contribution in [3.05, 3.63) is 0 Å². The number of hydrogen-bond acceptors (Lipinski definition) is 3. The Labute approximate surface area is 74.1 Å². The molecule has 0 aromatic rings. The number of hydrazine groups is 1. The van der Waals surface area contributed by atoms with Crippen LogP contribution in [0.15, 0.2) is 0 Å². The van der Waals surface area contributed by atoms with E-state index in [4.69, 9.17) is 5.84 Å². The van der Waals surface area contributed by atoms with Crippen LogP contribution in [0.25, 0.3) is 0 Å². The SMILES string of the molecule is CC1CNCCN1N.Cl.Cl. The molecule has 1 aliphatic rings. The van der Waals surface area contributed by atoms with E-state index in [2.05, 4.69) is 12.2 Å². The highest BCUT2D eigenvalue weighted by Gasteiger charge is 2.12. The maximum atomic E-state index is 5.57. The molecule has 5 heteroatoms. The summed E-state index contributed by atoms with van der Waals surface area (Å²) in [5.74, 6) is 5.57. The van der Waals surface area contributed by atoms with Gasteiger partial charge < -0.3 is 5.32 Å². The fourth-order valence-electron chi connectivity index (χ4n) is 0.857. The van der Waals surface area contributed by atoms with Gasteiger partial charge in [0, 0.05) is 25.7 Å². The molecule has 0 bridgehead atoms. The summed E-state index contributed by atoms with van der Waals surface area (Å²) in [7, 11) is 0. The van der Waals surface area contributed by atoms with Crippen molar-refractivity contribution in [1.29, 1.82) is 0 Å². The van der Waals surface area contributed by atoms with Gasteiger partial charge in [-0.3, -0.25) is 5.84 Å². The van der Waals surface area contributed by atoms with Crippen LogP contribution in [-0.4, -0.2) is 30.7 Å².